The normalized spacial score (nSPS) is 14.9. The van der Waals surface area contributed by atoms with Crippen molar-refractivity contribution in [2.45, 2.75) is 39.0 Å². The molecule has 0 atom stereocenters. The van der Waals surface area contributed by atoms with E-state index >= 15 is 0 Å². The summed E-state index contributed by atoms with van der Waals surface area (Å²) < 4.78 is 13.8. The minimum Gasteiger partial charge on any atom is -0.342 e. The molecule has 1 fully saturated rings. The molecule has 1 N–H and O–H groups in total. The molecule has 4 nitrogen and oxygen atoms in total. The van der Waals surface area contributed by atoms with Crippen LogP contribution in [0.25, 0.3) is 0 Å². The Hall–Kier alpha value is -2.69. The van der Waals surface area contributed by atoms with E-state index in [4.69, 9.17) is 0 Å². The van der Waals surface area contributed by atoms with E-state index in [1.54, 1.807) is 23.1 Å². The summed E-state index contributed by atoms with van der Waals surface area (Å²) in [6.45, 7) is 5.25. The quantitative estimate of drug-likeness (QED) is 0.835. The van der Waals surface area contributed by atoms with Crippen LogP contribution in [0.4, 0.5) is 10.1 Å². The fraction of sp³-hybridized carbons (Fsp3) is 0.391. The molecule has 28 heavy (non-hydrogen) atoms. The van der Waals surface area contributed by atoms with E-state index in [2.05, 4.69) is 19.2 Å². The molecule has 2 amide bonds. The fourth-order valence-corrected chi connectivity index (χ4v) is 3.66. The summed E-state index contributed by atoms with van der Waals surface area (Å²) in [6, 6.07) is 14.2. The second kappa shape index (κ2) is 9.00. The van der Waals surface area contributed by atoms with Crippen molar-refractivity contribution < 1.29 is 14.0 Å². The summed E-state index contributed by atoms with van der Waals surface area (Å²) in [5.41, 5.74) is 2.39. The molecule has 0 aliphatic carbocycles. The summed E-state index contributed by atoms with van der Waals surface area (Å²) in [6.07, 6.45) is 1.31. The Morgan fingerprint density at radius 3 is 2.39 bits per heavy atom. The molecule has 2 aromatic carbocycles. The molecule has 1 heterocycles. The molecule has 3 rings (SSSR count). The number of hydrogen-bond acceptors (Lipinski definition) is 2. The zero-order valence-electron chi connectivity index (χ0n) is 16.5. The first-order valence-electron chi connectivity index (χ1n) is 9.86. The monoisotopic (exact) mass is 382 g/mol. The van der Waals surface area contributed by atoms with Crippen molar-refractivity contribution in [1.82, 2.24) is 4.90 Å². The van der Waals surface area contributed by atoms with E-state index in [1.165, 1.54) is 6.07 Å². The van der Waals surface area contributed by atoms with Gasteiger partial charge in [-0.25, -0.2) is 4.39 Å². The van der Waals surface area contributed by atoms with Crippen LogP contribution in [0.1, 0.15) is 43.7 Å². The summed E-state index contributed by atoms with van der Waals surface area (Å²) in [5, 5.41) is 3.06. The van der Waals surface area contributed by atoms with E-state index in [0.717, 1.165) is 11.3 Å². The standard InChI is InChI=1S/C23H27FN2O2/c1-16(2)19-8-4-6-10-21(19)25-23(28)17-11-13-26(14-12-17)22(27)15-18-7-3-5-9-20(18)24/h3-10,16-17H,11-15H2,1-2H3,(H,25,28). The SMILES string of the molecule is CC(C)c1ccccc1NC(=O)C1CCN(C(=O)Cc2ccccc2F)CC1. The molecule has 0 saturated carbocycles. The summed E-state index contributed by atoms with van der Waals surface area (Å²) in [5.74, 6) is -0.218. The second-order valence-electron chi connectivity index (χ2n) is 7.65. The Morgan fingerprint density at radius 2 is 1.71 bits per heavy atom. The number of hydrogen-bond donors (Lipinski definition) is 1. The molecule has 0 unspecified atom stereocenters. The first-order valence-corrected chi connectivity index (χ1v) is 9.86. The third-order valence-electron chi connectivity index (χ3n) is 5.36. The van der Waals surface area contributed by atoms with Gasteiger partial charge in [-0.3, -0.25) is 9.59 Å². The molecule has 1 saturated heterocycles. The minimum absolute atomic E-state index is 0.00861. The Balaban J connectivity index is 1.54. The van der Waals surface area contributed by atoms with Crippen LogP contribution >= 0.6 is 0 Å². The number of halogens is 1. The van der Waals surface area contributed by atoms with Gasteiger partial charge >= 0.3 is 0 Å². The highest BCUT2D eigenvalue weighted by Gasteiger charge is 2.28. The number of benzene rings is 2. The van der Waals surface area contributed by atoms with E-state index in [9.17, 15) is 14.0 Å². The van der Waals surface area contributed by atoms with Crippen molar-refractivity contribution in [3.8, 4) is 0 Å². The molecule has 0 radical (unpaired) electrons. The predicted molar refractivity (Wildman–Crippen MR) is 109 cm³/mol. The maximum atomic E-state index is 13.8. The minimum atomic E-state index is -0.353. The molecule has 2 aromatic rings. The maximum absolute atomic E-state index is 13.8. The van der Waals surface area contributed by atoms with Gasteiger partial charge in [-0.1, -0.05) is 50.2 Å². The van der Waals surface area contributed by atoms with Crippen LogP contribution in [0.5, 0.6) is 0 Å². The second-order valence-corrected chi connectivity index (χ2v) is 7.65. The van der Waals surface area contributed by atoms with E-state index in [0.29, 0.717) is 37.4 Å². The highest BCUT2D eigenvalue weighted by atomic mass is 19.1. The molecule has 148 valence electrons. The number of nitrogens with one attached hydrogen (secondary N) is 1. The number of piperidine rings is 1. The molecule has 0 aromatic heterocycles. The van der Waals surface area contributed by atoms with Crippen LogP contribution in [-0.4, -0.2) is 29.8 Å². The van der Waals surface area contributed by atoms with Gasteiger partial charge in [0.05, 0.1) is 6.42 Å². The zero-order valence-corrected chi connectivity index (χ0v) is 16.5. The summed E-state index contributed by atoms with van der Waals surface area (Å²) in [7, 11) is 0. The van der Waals surface area contributed by atoms with Crippen molar-refractivity contribution in [3.05, 3.63) is 65.5 Å². The van der Waals surface area contributed by atoms with Crippen LogP contribution < -0.4 is 5.32 Å². The number of likely N-dealkylation sites (tertiary alicyclic amines) is 1. The fourth-order valence-electron chi connectivity index (χ4n) is 3.66. The van der Waals surface area contributed by atoms with E-state index < -0.39 is 0 Å². The van der Waals surface area contributed by atoms with Gasteiger partial charge in [-0.05, 0) is 42.0 Å². The summed E-state index contributed by atoms with van der Waals surface area (Å²) >= 11 is 0. The van der Waals surface area contributed by atoms with Crippen LogP contribution in [0.15, 0.2) is 48.5 Å². The largest absolute Gasteiger partial charge is 0.342 e. The van der Waals surface area contributed by atoms with E-state index in [1.807, 2.05) is 24.3 Å². The molecular weight excluding hydrogens is 355 g/mol. The van der Waals surface area contributed by atoms with Crippen LogP contribution in [0, 0.1) is 11.7 Å². The van der Waals surface area contributed by atoms with Crippen LogP contribution in [-0.2, 0) is 16.0 Å². The highest BCUT2D eigenvalue weighted by molar-refractivity contribution is 5.93. The third kappa shape index (κ3) is 4.77. The Morgan fingerprint density at radius 1 is 1.07 bits per heavy atom. The third-order valence-corrected chi connectivity index (χ3v) is 5.36. The lowest BCUT2D eigenvalue weighted by Crippen LogP contribution is -2.42. The number of rotatable bonds is 5. The molecule has 1 aliphatic rings. The van der Waals surface area contributed by atoms with Gasteiger partial charge in [0.15, 0.2) is 0 Å². The number of nitrogens with zero attached hydrogens (tertiary/aromatic N) is 1. The number of carbonyl (C=O) groups excluding carboxylic acids is 2. The van der Waals surface area contributed by atoms with Crippen molar-refractivity contribution in [2.24, 2.45) is 5.92 Å². The molecule has 0 bridgehead atoms. The average Bonchev–Trinajstić information content (AvgIpc) is 2.70. The smallest absolute Gasteiger partial charge is 0.227 e. The number of carbonyl (C=O) groups is 2. The van der Waals surface area contributed by atoms with Gasteiger partial charge in [0.1, 0.15) is 5.82 Å². The van der Waals surface area contributed by atoms with E-state index in [-0.39, 0.29) is 30.0 Å². The topological polar surface area (TPSA) is 49.4 Å². The van der Waals surface area contributed by atoms with Crippen LogP contribution in [0.3, 0.4) is 0 Å². The molecular formula is C23H27FN2O2. The first-order chi connectivity index (χ1) is 13.5. The summed E-state index contributed by atoms with van der Waals surface area (Å²) in [4.78, 5) is 26.9. The van der Waals surface area contributed by atoms with Crippen molar-refractivity contribution in [2.75, 3.05) is 18.4 Å². The first kappa shape index (κ1) is 20.1. The average molecular weight is 382 g/mol. The van der Waals surface area contributed by atoms with Gasteiger partial charge in [0, 0.05) is 24.7 Å². The van der Waals surface area contributed by atoms with Crippen molar-refractivity contribution >= 4 is 17.5 Å². The lowest BCUT2D eigenvalue weighted by atomic mass is 9.94. The van der Waals surface area contributed by atoms with Crippen molar-refractivity contribution in [1.29, 1.82) is 0 Å². The lowest BCUT2D eigenvalue weighted by molar-refractivity contribution is -0.133. The Kier molecular flexibility index (Phi) is 6.45. The number of para-hydroxylation sites is 1. The number of amides is 2. The highest BCUT2D eigenvalue weighted by Crippen LogP contribution is 2.26. The van der Waals surface area contributed by atoms with Gasteiger partial charge in [-0.2, -0.15) is 0 Å². The molecule has 5 heteroatoms. The van der Waals surface area contributed by atoms with Gasteiger partial charge in [-0.15, -0.1) is 0 Å². The maximum Gasteiger partial charge on any atom is 0.227 e. The lowest BCUT2D eigenvalue weighted by Gasteiger charge is -2.31. The Labute approximate surface area is 165 Å². The predicted octanol–water partition coefficient (Wildman–Crippen LogP) is 4.37. The van der Waals surface area contributed by atoms with Crippen LogP contribution in [0.2, 0.25) is 0 Å². The zero-order chi connectivity index (χ0) is 20.1. The van der Waals surface area contributed by atoms with Gasteiger partial charge in [0.25, 0.3) is 0 Å². The van der Waals surface area contributed by atoms with Crippen molar-refractivity contribution in [3.63, 3.8) is 0 Å². The number of anilines is 1. The Bertz CT molecular complexity index is 842. The van der Waals surface area contributed by atoms with Gasteiger partial charge in [0.2, 0.25) is 11.8 Å². The van der Waals surface area contributed by atoms with Gasteiger partial charge < -0.3 is 10.2 Å². The molecule has 1 aliphatic heterocycles. The molecule has 0 spiro atoms.